The molecule has 0 unspecified atom stereocenters. The highest BCUT2D eigenvalue weighted by atomic mass is 35.5. The highest BCUT2D eigenvalue weighted by Gasteiger charge is 2.08. The van der Waals surface area contributed by atoms with Crippen LogP contribution >= 0.6 is 11.6 Å². The summed E-state index contributed by atoms with van der Waals surface area (Å²) in [4.78, 5) is 16.3. The Morgan fingerprint density at radius 2 is 2.31 bits per heavy atom. The van der Waals surface area contributed by atoms with Crippen molar-refractivity contribution in [3.63, 3.8) is 0 Å². The van der Waals surface area contributed by atoms with Crippen molar-refractivity contribution >= 4 is 28.9 Å². The summed E-state index contributed by atoms with van der Waals surface area (Å²) in [6.45, 7) is 0.124. The number of benzene rings is 1. The van der Waals surface area contributed by atoms with Gasteiger partial charge < -0.3 is 15.9 Å². The number of nitrogens with one attached hydrogen (secondary N) is 1. The number of halogens is 1. The van der Waals surface area contributed by atoms with Crippen LogP contribution in [-0.4, -0.2) is 31.7 Å². The number of hydrogen-bond acceptors (Lipinski definition) is 4. The number of hydrogen-bond donors (Lipinski definition) is 2. The number of carbonyl (C=O) groups is 1. The van der Waals surface area contributed by atoms with E-state index in [4.69, 9.17) is 22.2 Å². The molecule has 0 atom stereocenters. The molecule has 1 aromatic rings. The molecule has 0 spiro atoms. The highest BCUT2D eigenvalue weighted by Crippen LogP contribution is 2.22. The molecule has 88 valence electrons. The number of rotatable bonds is 4. The Labute approximate surface area is 99.1 Å². The number of carbonyl (C=O) groups excluding carboxylic acids is 1. The molecule has 1 rings (SSSR count). The molecule has 3 N–H and O–H groups in total. The molecule has 0 bridgehead atoms. The molecular formula is C10H14ClN3O2. The lowest BCUT2D eigenvalue weighted by molar-refractivity contribution is -0.137. The van der Waals surface area contributed by atoms with Crippen LogP contribution in [0.2, 0.25) is 5.02 Å². The van der Waals surface area contributed by atoms with E-state index in [9.17, 15) is 4.79 Å². The van der Waals surface area contributed by atoms with E-state index < -0.39 is 0 Å². The Bertz CT molecular complexity index is 384. The zero-order chi connectivity index (χ0) is 12.1. The summed E-state index contributed by atoms with van der Waals surface area (Å²) in [6.07, 6.45) is 0. The summed E-state index contributed by atoms with van der Waals surface area (Å²) < 4.78 is 0. The Morgan fingerprint density at radius 3 is 2.88 bits per heavy atom. The van der Waals surface area contributed by atoms with E-state index in [-0.39, 0.29) is 12.5 Å². The van der Waals surface area contributed by atoms with Crippen LogP contribution in [0.3, 0.4) is 0 Å². The fourth-order valence-electron chi connectivity index (χ4n) is 1.10. The Balaban J connectivity index is 2.63. The molecule has 0 saturated carbocycles. The summed E-state index contributed by atoms with van der Waals surface area (Å²) in [5.41, 5.74) is 6.66. The first-order valence-electron chi connectivity index (χ1n) is 4.63. The van der Waals surface area contributed by atoms with Crippen molar-refractivity contribution in [1.82, 2.24) is 5.06 Å². The van der Waals surface area contributed by atoms with Gasteiger partial charge in [0.25, 0.3) is 0 Å². The average Bonchev–Trinajstić information content (AvgIpc) is 2.22. The quantitative estimate of drug-likeness (QED) is 0.619. The van der Waals surface area contributed by atoms with Gasteiger partial charge in [0.1, 0.15) is 6.54 Å². The first-order valence-corrected chi connectivity index (χ1v) is 5.01. The SMILES string of the molecule is CON(C)CC(=O)Nc1ccc(Cl)cc1N. The van der Waals surface area contributed by atoms with Crippen molar-refractivity contribution in [2.24, 2.45) is 0 Å². The molecule has 1 amide bonds. The average molecular weight is 244 g/mol. The molecule has 1 aromatic carbocycles. The van der Waals surface area contributed by atoms with Gasteiger partial charge in [-0.2, -0.15) is 5.06 Å². The van der Waals surface area contributed by atoms with E-state index in [1.54, 1.807) is 25.2 Å². The number of nitrogens with two attached hydrogens (primary N) is 1. The predicted molar refractivity (Wildman–Crippen MR) is 64.1 cm³/mol. The number of hydroxylamine groups is 2. The van der Waals surface area contributed by atoms with E-state index >= 15 is 0 Å². The van der Waals surface area contributed by atoms with Gasteiger partial charge in [-0.15, -0.1) is 0 Å². The maximum Gasteiger partial charge on any atom is 0.241 e. The van der Waals surface area contributed by atoms with Crippen LogP contribution < -0.4 is 11.1 Å². The van der Waals surface area contributed by atoms with Crippen LogP contribution in [0, 0.1) is 0 Å². The lowest BCUT2D eigenvalue weighted by atomic mass is 10.2. The van der Waals surface area contributed by atoms with Crippen molar-refractivity contribution in [3.8, 4) is 0 Å². The normalized spacial score (nSPS) is 10.5. The Hall–Kier alpha value is -1.30. The topological polar surface area (TPSA) is 67.6 Å². The summed E-state index contributed by atoms with van der Waals surface area (Å²) in [7, 11) is 3.15. The van der Waals surface area contributed by atoms with E-state index in [1.807, 2.05) is 0 Å². The summed E-state index contributed by atoms with van der Waals surface area (Å²) in [5.74, 6) is -0.210. The maximum atomic E-state index is 11.5. The molecule has 6 heteroatoms. The molecule has 0 aliphatic heterocycles. The second-order valence-electron chi connectivity index (χ2n) is 3.25. The molecule has 0 heterocycles. The van der Waals surface area contributed by atoms with Gasteiger partial charge in [0, 0.05) is 12.1 Å². The van der Waals surface area contributed by atoms with E-state index in [0.29, 0.717) is 16.4 Å². The van der Waals surface area contributed by atoms with Gasteiger partial charge in [-0.1, -0.05) is 11.6 Å². The summed E-state index contributed by atoms with van der Waals surface area (Å²) >= 11 is 5.74. The van der Waals surface area contributed by atoms with Gasteiger partial charge in [-0.05, 0) is 18.2 Å². The smallest absolute Gasteiger partial charge is 0.241 e. The first-order chi connectivity index (χ1) is 7.52. The van der Waals surface area contributed by atoms with Gasteiger partial charge in [0.05, 0.1) is 18.5 Å². The van der Waals surface area contributed by atoms with E-state index in [1.165, 1.54) is 12.2 Å². The second kappa shape index (κ2) is 5.69. The molecule has 0 aliphatic carbocycles. The van der Waals surface area contributed by atoms with Crippen molar-refractivity contribution in [1.29, 1.82) is 0 Å². The lowest BCUT2D eigenvalue weighted by Crippen LogP contribution is -2.29. The molecule has 5 nitrogen and oxygen atoms in total. The van der Waals surface area contributed by atoms with E-state index in [0.717, 1.165) is 0 Å². The standard InChI is InChI=1S/C10H14ClN3O2/c1-14(16-2)6-10(15)13-9-4-3-7(11)5-8(9)12/h3-5H,6,12H2,1-2H3,(H,13,15). The molecule has 0 radical (unpaired) electrons. The third kappa shape index (κ3) is 3.69. The Kier molecular flexibility index (Phi) is 4.54. The fourth-order valence-corrected chi connectivity index (χ4v) is 1.28. The predicted octanol–water partition coefficient (Wildman–Crippen LogP) is 1.35. The van der Waals surface area contributed by atoms with Gasteiger partial charge in [-0.3, -0.25) is 4.79 Å². The van der Waals surface area contributed by atoms with Crippen LogP contribution in [0.5, 0.6) is 0 Å². The molecule has 16 heavy (non-hydrogen) atoms. The third-order valence-corrected chi connectivity index (χ3v) is 2.20. The number of anilines is 2. The number of amides is 1. The van der Waals surface area contributed by atoms with E-state index in [2.05, 4.69) is 5.32 Å². The highest BCUT2D eigenvalue weighted by molar-refractivity contribution is 6.31. The minimum Gasteiger partial charge on any atom is -0.397 e. The van der Waals surface area contributed by atoms with Gasteiger partial charge in [0.2, 0.25) is 5.91 Å². The van der Waals surface area contributed by atoms with Crippen LogP contribution in [0.1, 0.15) is 0 Å². The minimum absolute atomic E-state index is 0.124. The van der Waals surface area contributed by atoms with Crippen molar-refractivity contribution < 1.29 is 9.63 Å². The minimum atomic E-state index is -0.210. The number of nitrogens with zero attached hydrogens (tertiary/aromatic N) is 1. The van der Waals surface area contributed by atoms with Crippen molar-refractivity contribution in [2.45, 2.75) is 0 Å². The summed E-state index contributed by atoms with van der Waals surface area (Å²) in [5, 5.41) is 4.59. The number of likely N-dealkylation sites (N-methyl/N-ethyl adjacent to an activating group) is 1. The second-order valence-corrected chi connectivity index (χ2v) is 3.68. The number of nitrogen functional groups attached to an aromatic ring is 1. The molecule has 0 saturated heterocycles. The van der Waals surface area contributed by atoms with Crippen LogP contribution in [0.4, 0.5) is 11.4 Å². The molecular weight excluding hydrogens is 230 g/mol. The lowest BCUT2D eigenvalue weighted by Gasteiger charge is -2.14. The molecule has 0 aliphatic rings. The van der Waals surface area contributed by atoms with Gasteiger partial charge in [0.15, 0.2) is 0 Å². The zero-order valence-corrected chi connectivity index (χ0v) is 9.91. The molecule has 0 fully saturated rings. The maximum absolute atomic E-state index is 11.5. The first kappa shape index (κ1) is 12.8. The zero-order valence-electron chi connectivity index (χ0n) is 9.16. The van der Waals surface area contributed by atoms with Crippen LogP contribution in [-0.2, 0) is 9.63 Å². The van der Waals surface area contributed by atoms with Gasteiger partial charge >= 0.3 is 0 Å². The largest absolute Gasteiger partial charge is 0.397 e. The summed E-state index contributed by atoms with van der Waals surface area (Å²) in [6, 6.07) is 4.90. The molecule has 0 aromatic heterocycles. The van der Waals surface area contributed by atoms with Crippen molar-refractivity contribution in [2.75, 3.05) is 31.8 Å². The third-order valence-electron chi connectivity index (χ3n) is 1.97. The fraction of sp³-hybridized carbons (Fsp3) is 0.300. The monoisotopic (exact) mass is 243 g/mol. The van der Waals surface area contributed by atoms with Crippen LogP contribution in [0.15, 0.2) is 18.2 Å². The Morgan fingerprint density at radius 1 is 1.62 bits per heavy atom. The van der Waals surface area contributed by atoms with Crippen LogP contribution in [0.25, 0.3) is 0 Å². The van der Waals surface area contributed by atoms with Gasteiger partial charge in [-0.25, -0.2) is 0 Å². The van der Waals surface area contributed by atoms with Crippen molar-refractivity contribution in [3.05, 3.63) is 23.2 Å².